The number of nitrogens with one attached hydrogen (secondary N) is 1. The molecule has 0 unspecified atom stereocenters. The maximum absolute atomic E-state index is 12.8. The number of rotatable bonds is 6. The van der Waals surface area contributed by atoms with E-state index in [1.165, 1.54) is 0 Å². The number of halogens is 1. The highest BCUT2D eigenvalue weighted by Crippen LogP contribution is 2.28. The van der Waals surface area contributed by atoms with Crippen LogP contribution in [0, 0.1) is 0 Å². The Morgan fingerprint density at radius 3 is 2.68 bits per heavy atom. The minimum atomic E-state index is -0.0404. The second kappa shape index (κ2) is 9.87. The van der Waals surface area contributed by atoms with Crippen LogP contribution in [-0.4, -0.2) is 42.0 Å². The summed E-state index contributed by atoms with van der Waals surface area (Å²) in [5, 5.41) is 4.79. The third-order valence-corrected chi connectivity index (χ3v) is 6.64. The number of carbonyl (C=O) groups is 1. The van der Waals surface area contributed by atoms with Gasteiger partial charge in [0, 0.05) is 48.4 Å². The lowest BCUT2D eigenvalue weighted by Crippen LogP contribution is -2.44. The zero-order valence-corrected chi connectivity index (χ0v) is 19.7. The molecule has 174 valence electrons. The zero-order valence-electron chi connectivity index (χ0n) is 19.0. The Kier molecular flexibility index (Phi) is 6.52. The number of amides is 1. The molecule has 7 heteroatoms. The van der Waals surface area contributed by atoms with E-state index in [0.717, 1.165) is 60.3 Å². The van der Waals surface area contributed by atoms with Gasteiger partial charge in [-0.1, -0.05) is 29.8 Å². The molecule has 0 aliphatic carbocycles. The average molecular weight is 476 g/mol. The number of fused-ring (bicyclic) bond motifs is 1. The number of carbonyl (C=O) groups excluding carboxylic acids is 1. The molecule has 1 fully saturated rings. The van der Waals surface area contributed by atoms with Crippen molar-refractivity contribution in [2.75, 3.05) is 20.2 Å². The zero-order chi connectivity index (χ0) is 23.5. The number of furan rings is 1. The number of piperidine rings is 1. The standard InChI is InChI=1S/C27H26ClN3O3/c1-33-25-7-2-18(16-23(25)28)17-31-13-9-21(10-14-31)30-27(32)20-5-3-19(4-6-20)26-22-11-15-34-24(22)8-12-29-26/h2-8,11-12,15-16,21H,9-10,13-14,17H2,1H3,(H,30,32). The highest BCUT2D eigenvalue weighted by molar-refractivity contribution is 6.32. The van der Waals surface area contributed by atoms with Crippen LogP contribution in [0.25, 0.3) is 22.2 Å². The van der Waals surface area contributed by atoms with Crippen LogP contribution in [0.3, 0.4) is 0 Å². The summed E-state index contributed by atoms with van der Waals surface area (Å²) in [5.74, 6) is 0.649. The number of pyridine rings is 1. The number of nitrogens with zero attached hydrogens (tertiary/aromatic N) is 2. The minimum absolute atomic E-state index is 0.0404. The lowest BCUT2D eigenvalue weighted by Gasteiger charge is -2.32. The predicted octanol–water partition coefficient (Wildman–Crippen LogP) is 5.55. The number of hydrogen-bond donors (Lipinski definition) is 1. The summed E-state index contributed by atoms with van der Waals surface area (Å²) in [7, 11) is 1.62. The maximum Gasteiger partial charge on any atom is 0.251 e. The van der Waals surface area contributed by atoms with E-state index in [1.54, 1.807) is 19.6 Å². The maximum atomic E-state index is 12.8. The largest absolute Gasteiger partial charge is 0.495 e. The van der Waals surface area contributed by atoms with Crippen LogP contribution in [0.5, 0.6) is 5.75 Å². The topological polar surface area (TPSA) is 67.6 Å². The lowest BCUT2D eigenvalue weighted by molar-refractivity contribution is 0.0909. The van der Waals surface area contributed by atoms with Crippen LogP contribution in [0.4, 0.5) is 0 Å². The van der Waals surface area contributed by atoms with Crippen LogP contribution in [-0.2, 0) is 6.54 Å². The Morgan fingerprint density at radius 2 is 1.94 bits per heavy atom. The molecule has 3 heterocycles. The molecule has 2 aromatic carbocycles. The van der Waals surface area contributed by atoms with Crippen molar-refractivity contribution in [3.63, 3.8) is 0 Å². The number of methoxy groups -OCH3 is 1. The summed E-state index contributed by atoms with van der Waals surface area (Å²) in [4.78, 5) is 19.7. The molecule has 0 saturated carbocycles. The van der Waals surface area contributed by atoms with Gasteiger partial charge in [0.2, 0.25) is 0 Å². The van der Waals surface area contributed by atoms with E-state index in [4.69, 9.17) is 20.8 Å². The van der Waals surface area contributed by atoms with Crippen molar-refractivity contribution < 1.29 is 13.9 Å². The molecule has 1 aliphatic heterocycles. The van der Waals surface area contributed by atoms with Gasteiger partial charge in [0.25, 0.3) is 5.91 Å². The molecule has 6 nitrogen and oxygen atoms in total. The van der Waals surface area contributed by atoms with Gasteiger partial charge in [-0.15, -0.1) is 0 Å². The van der Waals surface area contributed by atoms with E-state index in [1.807, 2.05) is 54.6 Å². The molecule has 5 rings (SSSR count). The normalized spacial score (nSPS) is 14.9. The first-order valence-electron chi connectivity index (χ1n) is 11.4. The van der Waals surface area contributed by atoms with E-state index in [9.17, 15) is 4.79 Å². The van der Waals surface area contributed by atoms with Crippen molar-refractivity contribution in [2.45, 2.75) is 25.4 Å². The molecule has 0 spiro atoms. The van der Waals surface area contributed by atoms with Crippen molar-refractivity contribution >= 4 is 28.5 Å². The first-order chi connectivity index (χ1) is 16.6. The second-order valence-corrected chi connectivity index (χ2v) is 8.97. The number of aromatic nitrogens is 1. The van der Waals surface area contributed by atoms with Crippen molar-refractivity contribution in [1.29, 1.82) is 0 Å². The highest BCUT2D eigenvalue weighted by atomic mass is 35.5. The fourth-order valence-electron chi connectivity index (χ4n) is 4.47. The molecule has 4 aromatic rings. The number of ether oxygens (including phenoxy) is 1. The molecular weight excluding hydrogens is 450 g/mol. The number of hydrogen-bond acceptors (Lipinski definition) is 5. The smallest absolute Gasteiger partial charge is 0.251 e. The van der Waals surface area contributed by atoms with Crippen molar-refractivity contribution in [3.05, 3.63) is 83.2 Å². The quantitative estimate of drug-likeness (QED) is 0.396. The molecule has 1 N–H and O–H groups in total. The van der Waals surface area contributed by atoms with Crippen LogP contribution in [0.1, 0.15) is 28.8 Å². The third kappa shape index (κ3) is 4.79. The first-order valence-corrected chi connectivity index (χ1v) is 11.8. The average Bonchev–Trinajstić information content (AvgIpc) is 3.35. The third-order valence-electron chi connectivity index (χ3n) is 6.35. The Labute approximate surface area is 203 Å². The molecule has 0 atom stereocenters. The van der Waals surface area contributed by atoms with Gasteiger partial charge in [-0.3, -0.25) is 14.7 Å². The van der Waals surface area contributed by atoms with E-state index in [2.05, 4.69) is 15.2 Å². The molecule has 0 bridgehead atoms. The van der Waals surface area contributed by atoms with Gasteiger partial charge in [0.05, 0.1) is 24.1 Å². The van der Waals surface area contributed by atoms with Gasteiger partial charge in [0.1, 0.15) is 11.3 Å². The van der Waals surface area contributed by atoms with Gasteiger partial charge >= 0.3 is 0 Å². The molecule has 34 heavy (non-hydrogen) atoms. The van der Waals surface area contributed by atoms with E-state index >= 15 is 0 Å². The summed E-state index contributed by atoms with van der Waals surface area (Å²) in [5.41, 5.74) is 4.42. The summed E-state index contributed by atoms with van der Waals surface area (Å²) in [6.45, 7) is 2.69. The lowest BCUT2D eigenvalue weighted by atomic mass is 10.0. The van der Waals surface area contributed by atoms with E-state index in [-0.39, 0.29) is 11.9 Å². The molecule has 2 aromatic heterocycles. The summed E-state index contributed by atoms with van der Waals surface area (Å²) >= 11 is 6.25. The van der Waals surface area contributed by atoms with Gasteiger partial charge in [-0.25, -0.2) is 0 Å². The monoisotopic (exact) mass is 475 g/mol. The predicted molar refractivity (Wildman–Crippen MR) is 133 cm³/mol. The van der Waals surface area contributed by atoms with E-state index in [0.29, 0.717) is 16.3 Å². The Bertz CT molecular complexity index is 1290. The molecule has 0 radical (unpaired) electrons. The fourth-order valence-corrected chi connectivity index (χ4v) is 4.76. The molecule has 1 aliphatic rings. The van der Waals surface area contributed by atoms with Gasteiger partial charge in [0.15, 0.2) is 0 Å². The van der Waals surface area contributed by atoms with Gasteiger partial charge in [-0.05, 0) is 54.8 Å². The summed E-state index contributed by atoms with van der Waals surface area (Å²) < 4.78 is 10.7. The SMILES string of the molecule is COc1ccc(CN2CCC(NC(=O)c3ccc(-c4nccc5occc45)cc3)CC2)cc1Cl. The van der Waals surface area contributed by atoms with Crippen LogP contribution >= 0.6 is 11.6 Å². The Morgan fingerprint density at radius 1 is 1.15 bits per heavy atom. The van der Waals surface area contributed by atoms with Crippen molar-refractivity contribution in [1.82, 2.24) is 15.2 Å². The van der Waals surface area contributed by atoms with Crippen molar-refractivity contribution in [2.24, 2.45) is 0 Å². The van der Waals surface area contributed by atoms with Crippen molar-refractivity contribution in [3.8, 4) is 17.0 Å². The second-order valence-electron chi connectivity index (χ2n) is 8.56. The first kappa shape index (κ1) is 22.4. The summed E-state index contributed by atoms with van der Waals surface area (Å²) in [6, 6.07) is 17.4. The van der Waals surface area contributed by atoms with Crippen LogP contribution in [0.15, 0.2) is 71.5 Å². The van der Waals surface area contributed by atoms with E-state index < -0.39 is 0 Å². The molecular formula is C27H26ClN3O3. The van der Waals surface area contributed by atoms with Gasteiger partial charge < -0.3 is 14.5 Å². The Balaban J connectivity index is 1.16. The molecule has 1 saturated heterocycles. The van der Waals surface area contributed by atoms with Crippen LogP contribution < -0.4 is 10.1 Å². The Hall–Kier alpha value is -3.35. The summed E-state index contributed by atoms with van der Waals surface area (Å²) in [6.07, 6.45) is 5.23. The number of benzene rings is 2. The highest BCUT2D eigenvalue weighted by Gasteiger charge is 2.21. The number of likely N-dealkylation sites (tertiary alicyclic amines) is 1. The van der Waals surface area contributed by atoms with Crippen LogP contribution in [0.2, 0.25) is 5.02 Å². The minimum Gasteiger partial charge on any atom is -0.495 e. The molecule has 1 amide bonds. The van der Waals surface area contributed by atoms with Gasteiger partial charge in [-0.2, -0.15) is 0 Å². The fraction of sp³-hybridized carbons (Fsp3) is 0.259.